The molecule has 2 atom stereocenters. The molecule has 0 radical (unpaired) electrons. The lowest BCUT2D eigenvalue weighted by atomic mass is 10.3. The highest BCUT2D eigenvalue weighted by molar-refractivity contribution is 7.67. The fourth-order valence-corrected chi connectivity index (χ4v) is 6.89. The highest BCUT2D eigenvalue weighted by atomic mass is 31.3. The SMILES string of the molecule is CCOP(C)(=O)OP(C)(=O)N(C(C)C)C(C)C. The van der Waals surface area contributed by atoms with Crippen LogP contribution in [0.2, 0.25) is 0 Å². The fourth-order valence-electron chi connectivity index (χ4n) is 2.01. The topological polar surface area (TPSA) is 55.8 Å². The van der Waals surface area contributed by atoms with Gasteiger partial charge in [0.05, 0.1) is 6.61 Å². The van der Waals surface area contributed by atoms with Crippen molar-refractivity contribution >= 4 is 15.1 Å². The van der Waals surface area contributed by atoms with Crippen molar-refractivity contribution in [2.45, 2.75) is 46.7 Å². The van der Waals surface area contributed by atoms with Crippen LogP contribution in [0.15, 0.2) is 0 Å². The van der Waals surface area contributed by atoms with E-state index in [1.54, 1.807) is 11.6 Å². The van der Waals surface area contributed by atoms with E-state index in [2.05, 4.69) is 0 Å². The molecule has 0 amide bonds. The van der Waals surface area contributed by atoms with Crippen molar-refractivity contribution in [3.05, 3.63) is 0 Å². The first-order chi connectivity index (χ1) is 7.53. The quantitative estimate of drug-likeness (QED) is 0.666. The third-order valence-electron chi connectivity index (χ3n) is 2.14. The Bertz CT molecular complexity index is 322. The molecule has 0 aliphatic carbocycles. The molecule has 0 N–H and O–H groups in total. The second kappa shape index (κ2) is 6.49. The molecule has 0 bridgehead atoms. The van der Waals surface area contributed by atoms with Crippen molar-refractivity contribution in [3.8, 4) is 0 Å². The van der Waals surface area contributed by atoms with Crippen LogP contribution < -0.4 is 0 Å². The summed E-state index contributed by atoms with van der Waals surface area (Å²) in [5.74, 6) is 0. The van der Waals surface area contributed by atoms with Gasteiger partial charge in [-0.05, 0) is 34.6 Å². The maximum Gasteiger partial charge on any atom is 0.334 e. The molecule has 7 heteroatoms. The smallest absolute Gasteiger partial charge is 0.309 e. The van der Waals surface area contributed by atoms with Crippen molar-refractivity contribution in [2.24, 2.45) is 0 Å². The van der Waals surface area contributed by atoms with E-state index in [4.69, 9.17) is 8.83 Å². The Morgan fingerprint density at radius 3 is 1.76 bits per heavy atom. The Labute approximate surface area is 105 Å². The van der Waals surface area contributed by atoms with Gasteiger partial charge in [0.15, 0.2) is 0 Å². The summed E-state index contributed by atoms with van der Waals surface area (Å²) < 4.78 is 36.5. The lowest BCUT2D eigenvalue weighted by Crippen LogP contribution is -2.34. The summed E-state index contributed by atoms with van der Waals surface area (Å²) in [6.07, 6.45) is 0. The molecule has 17 heavy (non-hydrogen) atoms. The zero-order valence-corrected chi connectivity index (χ0v) is 13.6. The average Bonchev–Trinajstić information content (AvgIpc) is 1.96. The van der Waals surface area contributed by atoms with Crippen LogP contribution in [0.3, 0.4) is 0 Å². The zero-order chi connectivity index (χ0) is 13.9. The molecule has 0 saturated carbocycles. The second-order valence-electron chi connectivity index (χ2n) is 4.64. The van der Waals surface area contributed by atoms with E-state index in [1.165, 1.54) is 13.3 Å². The summed E-state index contributed by atoms with van der Waals surface area (Å²) in [6.45, 7) is 12.6. The molecule has 0 aromatic heterocycles. The van der Waals surface area contributed by atoms with E-state index in [1.807, 2.05) is 27.7 Å². The van der Waals surface area contributed by atoms with Gasteiger partial charge in [0.25, 0.3) is 7.52 Å². The molecule has 0 fully saturated rings. The van der Waals surface area contributed by atoms with Crippen LogP contribution in [0, 0.1) is 0 Å². The first-order valence-corrected chi connectivity index (χ1v) is 9.84. The van der Waals surface area contributed by atoms with Crippen molar-refractivity contribution in [1.29, 1.82) is 0 Å². The maximum atomic E-state index is 12.5. The molecule has 0 rings (SSSR count). The van der Waals surface area contributed by atoms with E-state index in [0.717, 1.165) is 0 Å². The molecule has 0 aromatic carbocycles. The Morgan fingerprint density at radius 1 is 1.06 bits per heavy atom. The number of hydrogen-bond acceptors (Lipinski definition) is 4. The molecule has 0 aliphatic rings. The Kier molecular flexibility index (Phi) is 6.62. The molecular weight excluding hydrogens is 260 g/mol. The van der Waals surface area contributed by atoms with E-state index in [-0.39, 0.29) is 18.7 Å². The normalized spacial score (nSPS) is 19.6. The molecule has 0 aromatic rings. The van der Waals surface area contributed by atoms with Crippen molar-refractivity contribution in [3.63, 3.8) is 0 Å². The van der Waals surface area contributed by atoms with Gasteiger partial charge in [0, 0.05) is 25.4 Å². The van der Waals surface area contributed by atoms with Crippen LogP contribution in [-0.2, 0) is 18.0 Å². The largest absolute Gasteiger partial charge is 0.334 e. The highest BCUT2D eigenvalue weighted by Gasteiger charge is 2.36. The van der Waals surface area contributed by atoms with Crippen LogP contribution in [0.1, 0.15) is 34.6 Å². The summed E-state index contributed by atoms with van der Waals surface area (Å²) >= 11 is 0. The summed E-state index contributed by atoms with van der Waals surface area (Å²) in [5, 5.41) is 0. The van der Waals surface area contributed by atoms with Gasteiger partial charge in [-0.3, -0.25) is 9.13 Å². The van der Waals surface area contributed by atoms with Gasteiger partial charge < -0.3 is 4.52 Å². The number of rotatable bonds is 7. The van der Waals surface area contributed by atoms with Crippen LogP contribution >= 0.6 is 15.1 Å². The van der Waals surface area contributed by atoms with E-state index in [9.17, 15) is 9.13 Å². The van der Waals surface area contributed by atoms with Gasteiger partial charge in [-0.1, -0.05) is 0 Å². The minimum atomic E-state index is -3.25. The van der Waals surface area contributed by atoms with Crippen LogP contribution in [0.4, 0.5) is 0 Å². The molecule has 0 aliphatic heterocycles. The van der Waals surface area contributed by atoms with Crippen molar-refractivity contribution in [2.75, 3.05) is 19.9 Å². The van der Waals surface area contributed by atoms with Gasteiger partial charge in [-0.15, -0.1) is 0 Å². The van der Waals surface area contributed by atoms with Crippen LogP contribution in [0.5, 0.6) is 0 Å². The molecule has 2 unspecified atom stereocenters. The third kappa shape index (κ3) is 5.67. The lowest BCUT2D eigenvalue weighted by Gasteiger charge is -2.35. The summed E-state index contributed by atoms with van der Waals surface area (Å²) in [7, 11) is -6.37. The highest BCUT2D eigenvalue weighted by Crippen LogP contribution is 2.63. The molecule has 104 valence electrons. The monoisotopic (exact) mass is 285 g/mol. The van der Waals surface area contributed by atoms with Crippen molar-refractivity contribution < 1.29 is 18.0 Å². The maximum absolute atomic E-state index is 12.5. The Morgan fingerprint density at radius 2 is 1.47 bits per heavy atom. The third-order valence-corrected chi connectivity index (χ3v) is 7.03. The average molecular weight is 285 g/mol. The van der Waals surface area contributed by atoms with Crippen LogP contribution in [-0.4, -0.2) is 36.7 Å². The standard InChI is InChI=1S/C10H25NO4P2/c1-8-14-17(7,13)15-16(6,12)11(9(2)3)10(4)5/h9-10H,8H2,1-7H3. The van der Waals surface area contributed by atoms with Crippen LogP contribution in [0.25, 0.3) is 0 Å². The minimum Gasteiger partial charge on any atom is -0.309 e. The molecule has 0 heterocycles. The van der Waals surface area contributed by atoms with E-state index < -0.39 is 15.1 Å². The predicted molar refractivity (Wildman–Crippen MR) is 71.9 cm³/mol. The van der Waals surface area contributed by atoms with E-state index >= 15 is 0 Å². The summed E-state index contributed by atoms with van der Waals surface area (Å²) in [4.78, 5) is 0. The zero-order valence-electron chi connectivity index (χ0n) is 11.8. The van der Waals surface area contributed by atoms with Gasteiger partial charge in [0.1, 0.15) is 0 Å². The molecule has 0 spiro atoms. The Hall–Kier alpha value is 0.340. The number of hydrogen-bond donors (Lipinski definition) is 0. The van der Waals surface area contributed by atoms with E-state index in [0.29, 0.717) is 0 Å². The molecule has 0 saturated heterocycles. The number of nitrogens with zero attached hydrogens (tertiary/aromatic N) is 1. The van der Waals surface area contributed by atoms with Gasteiger partial charge >= 0.3 is 7.60 Å². The lowest BCUT2D eigenvalue weighted by molar-refractivity contribution is 0.243. The fraction of sp³-hybridized carbons (Fsp3) is 1.00. The second-order valence-corrected chi connectivity index (χ2v) is 9.16. The predicted octanol–water partition coefficient (Wildman–Crippen LogP) is 3.80. The molecule has 5 nitrogen and oxygen atoms in total. The van der Waals surface area contributed by atoms with Crippen molar-refractivity contribution in [1.82, 2.24) is 4.67 Å². The minimum absolute atomic E-state index is 0.0486. The summed E-state index contributed by atoms with van der Waals surface area (Å²) in [5.41, 5.74) is 0. The molecular formula is C10H25NO4P2. The first-order valence-electron chi connectivity index (χ1n) is 5.83. The van der Waals surface area contributed by atoms with Gasteiger partial charge in [0.2, 0.25) is 0 Å². The Balaban J connectivity index is 4.99. The van der Waals surface area contributed by atoms with Gasteiger partial charge in [-0.25, -0.2) is 8.98 Å². The van der Waals surface area contributed by atoms with Gasteiger partial charge in [-0.2, -0.15) is 0 Å². The first kappa shape index (κ1) is 17.3. The summed E-state index contributed by atoms with van der Waals surface area (Å²) in [6, 6.07) is 0.0971.